The Hall–Kier alpha value is -1.80. The van der Waals surface area contributed by atoms with E-state index >= 15 is 0 Å². The van der Waals surface area contributed by atoms with Crippen LogP contribution in [0.4, 0.5) is 18.0 Å². The van der Waals surface area contributed by atoms with E-state index in [9.17, 15) is 23.1 Å². The van der Waals surface area contributed by atoms with Crippen molar-refractivity contribution in [2.45, 2.75) is 51.1 Å². The molecule has 2 aromatic rings. The molecule has 0 bridgehead atoms. The number of fused-ring (bicyclic) bond motifs is 1. The molecule has 1 heterocycles. The summed E-state index contributed by atoms with van der Waals surface area (Å²) >= 11 is 1.40. The second-order valence-corrected chi connectivity index (χ2v) is 7.61. The number of carbonyl (C=O) groups excluding carboxylic acids is 1. The minimum absolute atomic E-state index is 0.163. The summed E-state index contributed by atoms with van der Waals surface area (Å²) in [7, 11) is 0. The van der Waals surface area contributed by atoms with E-state index in [4.69, 9.17) is 4.74 Å². The molecule has 0 spiro atoms. The Kier molecular flexibility index (Phi) is 5.63. The fourth-order valence-electron chi connectivity index (χ4n) is 2.36. The van der Waals surface area contributed by atoms with Gasteiger partial charge in [-0.2, -0.15) is 13.2 Å². The molecule has 1 aromatic heterocycles. The van der Waals surface area contributed by atoms with Gasteiger partial charge in [-0.25, -0.2) is 4.79 Å². The summed E-state index contributed by atoms with van der Waals surface area (Å²) in [5, 5.41) is 14.4. The van der Waals surface area contributed by atoms with Crippen molar-refractivity contribution in [2.75, 3.05) is 0 Å². The van der Waals surface area contributed by atoms with Crippen LogP contribution in [0.5, 0.6) is 0 Å². The molecule has 0 fully saturated rings. The number of rotatable bonds is 4. The lowest BCUT2D eigenvalue weighted by Gasteiger charge is -2.27. The minimum atomic E-state index is -4.86. The number of hydrogen-bond donors (Lipinski definition) is 2. The Bertz CT molecular complexity index is 737. The van der Waals surface area contributed by atoms with E-state index in [0.717, 1.165) is 10.1 Å². The maximum absolute atomic E-state index is 13.0. The fourth-order valence-corrected chi connectivity index (χ4v) is 3.33. The number of hydrogen-bond acceptors (Lipinski definition) is 4. The Balaban J connectivity index is 2.24. The second kappa shape index (κ2) is 7.21. The van der Waals surface area contributed by atoms with Crippen molar-refractivity contribution >= 4 is 27.5 Å². The first-order valence-electron chi connectivity index (χ1n) is 7.67. The van der Waals surface area contributed by atoms with E-state index in [-0.39, 0.29) is 6.42 Å². The Labute approximate surface area is 147 Å². The molecule has 0 unspecified atom stereocenters. The topological polar surface area (TPSA) is 58.6 Å². The van der Waals surface area contributed by atoms with Crippen LogP contribution in [0, 0.1) is 0 Å². The van der Waals surface area contributed by atoms with Gasteiger partial charge in [-0.3, -0.25) is 0 Å². The molecule has 8 heteroatoms. The number of thiophene rings is 1. The third-order valence-corrected chi connectivity index (χ3v) is 4.43. The van der Waals surface area contributed by atoms with Crippen molar-refractivity contribution < 1.29 is 27.8 Å². The van der Waals surface area contributed by atoms with E-state index < -0.39 is 30.0 Å². The van der Waals surface area contributed by atoms with Crippen molar-refractivity contribution in [3.8, 4) is 0 Å². The highest BCUT2D eigenvalue weighted by Crippen LogP contribution is 2.29. The van der Waals surface area contributed by atoms with Gasteiger partial charge in [-0.1, -0.05) is 18.2 Å². The molecule has 138 valence electrons. The Morgan fingerprint density at radius 2 is 1.92 bits per heavy atom. The maximum atomic E-state index is 13.0. The number of halogens is 3. The van der Waals surface area contributed by atoms with Crippen molar-refractivity contribution in [3.05, 3.63) is 35.2 Å². The molecule has 1 aromatic carbocycles. The zero-order chi connectivity index (χ0) is 18.8. The van der Waals surface area contributed by atoms with Crippen LogP contribution in [0.1, 0.15) is 26.3 Å². The van der Waals surface area contributed by atoms with Gasteiger partial charge in [0.1, 0.15) is 5.60 Å². The smallest absolute Gasteiger partial charge is 0.416 e. The molecule has 0 aliphatic rings. The van der Waals surface area contributed by atoms with Crippen LogP contribution in [-0.4, -0.2) is 35.1 Å². The zero-order valence-corrected chi connectivity index (χ0v) is 14.9. The number of carbonyl (C=O) groups is 1. The van der Waals surface area contributed by atoms with E-state index in [1.165, 1.54) is 11.3 Å². The SMILES string of the molecule is CC(C)(C)OC(=O)N[C@@H](Cc1csc2ccccc12)[C@H](O)C(F)(F)F. The molecule has 2 N–H and O–H groups in total. The van der Waals surface area contributed by atoms with Gasteiger partial charge in [-0.05, 0) is 49.6 Å². The van der Waals surface area contributed by atoms with Gasteiger partial charge in [0.25, 0.3) is 0 Å². The van der Waals surface area contributed by atoms with Gasteiger partial charge in [0, 0.05) is 4.70 Å². The van der Waals surface area contributed by atoms with Crippen LogP contribution in [0.2, 0.25) is 0 Å². The Morgan fingerprint density at radius 1 is 1.28 bits per heavy atom. The molecule has 0 aliphatic heterocycles. The number of alkyl carbamates (subject to hydrolysis) is 1. The summed E-state index contributed by atoms with van der Waals surface area (Å²) < 4.78 is 44.9. The number of aliphatic hydroxyl groups is 1. The normalized spacial score (nSPS) is 15.0. The molecule has 2 atom stereocenters. The molecule has 0 saturated heterocycles. The van der Waals surface area contributed by atoms with Crippen molar-refractivity contribution in [2.24, 2.45) is 0 Å². The highest BCUT2D eigenvalue weighted by Gasteiger charge is 2.44. The van der Waals surface area contributed by atoms with Gasteiger partial charge in [0.15, 0.2) is 6.10 Å². The molecule has 0 radical (unpaired) electrons. The van der Waals surface area contributed by atoms with Gasteiger partial charge >= 0.3 is 12.3 Å². The molecule has 4 nitrogen and oxygen atoms in total. The molecular weight excluding hydrogens is 355 g/mol. The number of nitrogens with one attached hydrogen (secondary N) is 1. The average Bonchev–Trinajstić information content (AvgIpc) is 2.86. The van der Waals surface area contributed by atoms with Crippen LogP contribution in [-0.2, 0) is 11.2 Å². The predicted molar refractivity (Wildman–Crippen MR) is 90.7 cm³/mol. The van der Waals surface area contributed by atoms with Crippen molar-refractivity contribution in [1.82, 2.24) is 5.32 Å². The lowest BCUT2D eigenvalue weighted by molar-refractivity contribution is -0.211. The van der Waals surface area contributed by atoms with E-state index in [1.54, 1.807) is 38.3 Å². The summed E-state index contributed by atoms with van der Waals surface area (Å²) in [6.45, 7) is 4.82. The first-order valence-corrected chi connectivity index (χ1v) is 8.55. The third kappa shape index (κ3) is 5.34. The van der Waals surface area contributed by atoms with E-state index in [2.05, 4.69) is 5.32 Å². The highest BCUT2D eigenvalue weighted by atomic mass is 32.1. The quantitative estimate of drug-likeness (QED) is 0.839. The summed E-state index contributed by atoms with van der Waals surface area (Å²) in [5.41, 5.74) is -0.225. The van der Waals surface area contributed by atoms with E-state index in [0.29, 0.717) is 5.56 Å². The zero-order valence-electron chi connectivity index (χ0n) is 14.1. The van der Waals surface area contributed by atoms with Gasteiger partial charge in [0.2, 0.25) is 0 Å². The summed E-state index contributed by atoms with van der Waals surface area (Å²) in [4.78, 5) is 11.9. The highest BCUT2D eigenvalue weighted by molar-refractivity contribution is 7.17. The van der Waals surface area contributed by atoms with Crippen molar-refractivity contribution in [1.29, 1.82) is 0 Å². The molecule has 1 amide bonds. The molecule has 2 rings (SSSR count). The molecule has 25 heavy (non-hydrogen) atoms. The van der Waals surface area contributed by atoms with Crippen LogP contribution in [0.15, 0.2) is 29.6 Å². The third-order valence-electron chi connectivity index (χ3n) is 3.42. The van der Waals surface area contributed by atoms with Gasteiger partial charge in [0.05, 0.1) is 6.04 Å². The van der Waals surface area contributed by atoms with E-state index in [1.807, 2.05) is 12.1 Å². The first-order chi connectivity index (χ1) is 11.5. The average molecular weight is 375 g/mol. The summed E-state index contributed by atoms with van der Waals surface area (Å²) in [6, 6.07) is 5.73. The molecular formula is C17H20F3NO3S. The number of alkyl halides is 3. The Morgan fingerprint density at radius 3 is 2.52 bits per heavy atom. The van der Waals surface area contributed by atoms with Gasteiger partial charge in [-0.15, -0.1) is 11.3 Å². The lowest BCUT2D eigenvalue weighted by atomic mass is 10.0. The molecule has 0 aliphatic carbocycles. The minimum Gasteiger partial charge on any atom is -0.444 e. The van der Waals surface area contributed by atoms with Crippen LogP contribution < -0.4 is 5.32 Å². The van der Waals surface area contributed by atoms with Crippen LogP contribution >= 0.6 is 11.3 Å². The molecule has 0 saturated carbocycles. The summed E-state index contributed by atoms with van der Waals surface area (Å²) in [6.07, 6.45) is -8.71. The first kappa shape index (κ1) is 19.5. The lowest BCUT2D eigenvalue weighted by Crippen LogP contribution is -2.52. The fraction of sp³-hybridized carbons (Fsp3) is 0.471. The summed E-state index contributed by atoms with van der Waals surface area (Å²) in [5.74, 6) is 0. The van der Waals surface area contributed by atoms with Gasteiger partial charge < -0.3 is 15.2 Å². The number of benzene rings is 1. The predicted octanol–water partition coefficient (Wildman–Crippen LogP) is 4.26. The largest absolute Gasteiger partial charge is 0.444 e. The van der Waals surface area contributed by atoms with Crippen LogP contribution in [0.25, 0.3) is 10.1 Å². The maximum Gasteiger partial charge on any atom is 0.416 e. The second-order valence-electron chi connectivity index (χ2n) is 6.70. The van der Waals surface area contributed by atoms with Crippen molar-refractivity contribution in [3.63, 3.8) is 0 Å². The monoisotopic (exact) mass is 375 g/mol. The number of amides is 1. The number of ether oxygens (including phenoxy) is 1. The standard InChI is InChI=1S/C17H20F3NO3S/c1-16(2,3)24-15(23)21-12(14(22)17(18,19)20)8-10-9-25-13-7-5-4-6-11(10)13/h4-7,9,12,14,22H,8H2,1-3H3,(H,21,23)/t12-,14-/m0/s1. The van der Waals surface area contributed by atoms with Crippen LogP contribution in [0.3, 0.4) is 0 Å². The number of aliphatic hydroxyl groups excluding tert-OH is 1.